The van der Waals surface area contributed by atoms with E-state index in [0.29, 0.717) is 82.1 Å². The van der Waals surface area contributed by atoms with Crippen LogP contribution in [0.3, 0.4) is 0 Å². The fraction of sp³-hybridized carbons (Fsp3) is 0.413. The smallest absolute Gasteiger partial charge is 0.291 e. The number of ether oxygens (including phenoxy) is 4. The number of piperazine rings is 2. The third-order valence-corrected chi connectivity index (χ3v) is 20.3. The molecule has 3 radical (unpaired) electrons. The summed E-state index contributed by atoms with van der Waals surface area (Å²) in [5.74, 6) is 1.94. The molecule has 8 N–H and O–H groups in total. The van der Waals surface area contributed by atoms with Crippen molar-refractivity contribution < 1.29 is 175 Å². The number of nitriles is 1. The minimum atomic E-state index is -1.50. The molecule has 10 heterocycles. The van der Waals surface area contributed by atoms with Crippen molar-refractivity contribution >= 4 is 35.0 Å². The monoisotopic (exact) mass is 1820 g/mol. The number of amides is 2. The van der Waals surface area contributed by atoms with E-state index in [1.165, 1.54) is 12.4 Å². The van der Waals surface area contributed by atoms with Gasteiger partial charge in [0.25, 0.3) is 16.9 Å². The quantitative estimate of drug-likeness (QED) is 0.0357. The average Bonchev–Trinajstić information content (AvgIpc) is 0.872. The number of hydrogen-bond donors (Lipinski definition) is 8. The molecule has 14 rings (SSSR count). The standard InChI is InChI=1S/C32H32ClN5O5.C31H33ClN4O6.2Ac.Ag.HNO3/c1-14-8-17-9-20-22(11-34)38-21(26(37(20)4)24(17)28(40)15(14)2)10-19-25(30-29(42-13-43-30)16(3)27(19)39)23(38)12-36-32(41)18-6-5-7-35-31(18)33;1-13-8-16-9-20-31(40)36-19(24(35(20)4)22(16)26(38)14(13)2)10-18-23(28-27(41-12-42-28)15(3)25(18)37)21(36)11-34-30(39)17-6-5-7-33-29(17)32;;;;2-1(3)4/h5-8,20-23,26,39-40H,9-10,12-13H2,1-4H3,(H,36,41);5-8,19-21,24,31,37-38,40H,9-12H2,1-4H3,(H,34,39);;;;(H,2,3,4)/t20-,21?,22-,23-,26-;19?,20-,21-,24-,31-;;;;/m00..../s1. The van der Waals surface area contributed by atoms with Crippen LogP contribution >= 0.6 is 23.2 Å². The van der Waals surface area contributed by atoms with E-state index in [1.54, 1.807) is 38.1 Å². The molecule has 10 atom stereocenters. The Kier molecular flexibility index (Phi) is 21.9. The number of aliphatic hydroxyl groups is 1. The first kappa shape index (κ1) is 71.5. The number of phenolic OH excluding ortho intramolecular Hbond substituents is 4. The van der Waals surface area contributed by atoms with Gasteiger partial charge in [-0.2, -0.15) is 5.26 Å². The number of nitrogens with zero attached hydrogens (tertiary/aromatic N) is 8. The van der Waals surface area contributed by atoms with E-state index < -0.39 is 41.3 Å². The molecule has 24 nitrogen and oxygen atoms in total. The number of aliphatic hydroxyl groups excluding tert-OH is 1. The molecule has 29 heteroatoms. The minimum Gasteiger partial charge on any atom is -0.507 e. The molecular formula is C63H66Ac2AgCl2N10O14. The predicted octanol–water partition coefficient (Wildman–Crippen LogP) is 7.08. The number of likely N-dealkylation sites (N-methyl/N-ethyl adjacent to an activating group) is 2. The molecule has 2 aromatic heterocycles. The number of rotatable bonds is 6. The first-order valence-corrected chi connectivity index (χ1v) is 29.8. The summed E-state index contributed by atoms with van der Waals surface area (Å²) in [6.45, 7) is 11.6. The average molecular weight is 1820 g/mol. The Balaban J connectivity index is 0.000000199. The van der Waals surface area contributed by atoms with Gasteiger partial charge < -0.3 is 60.3 Å². The summed E-state index contributed by atoms with van der Waals surface area (Å²) in [6.07, 6.45) is 4.06. The molecule has 8 aliphatic heterocycles. The van der Waals surface area contributed by atoms with Crippen LogP contribution in [0.25, 0.3) is 0 Å². The van der Waals surface area contributed by atoms with Crippen molar-refractivity contribution in [3.63, 3.8) is 0 Å². The van der Waals surface area contributed by atoms with E-state index in [0.717, 1.165) is 44.5 Å². The molecule has 2 unspecified atom stereocenters. The van der Waals surface area contributed by atoms with Crippen LogP contribution in [0.4, 0.5) is 0 Å². The van der Waals surface area contributed by atoms with Crippen molar-refractivity contribution in [2.24, 2.45) is 0 Å². The molecule has 0 aliphatic carbocycles. The van der Waals surface area contributed by atoms with Crippen molar-refractivity contribution in [2.75, 3.05) is 40.8 Å². The maximum Gasteiger partial charge on any atom is 0.291 e. The number of benzene rings is 4. The van der Waals surface area contributed by atoms with Gasteiger partial charge in [-0.05, 0) is 139 Å². The van der Waals surface area contributed by atoms with Crippen molar-refractivity contribution in [1.29, 1.82) is 5.26 Å². The van der Waals surface area contributed by atoms with Gasteiger partial charge in [0.1, 0.15) is 45.6 Å². The number of carbonyl (C=O) groups excluding carboxylic acids is 2. The van der Waals surface area contributed by atoms with Crippen LogP contribution < -0.4 is 29.6 Å². The number of hydrogen-bond acceptors (Lipinski definition) is 20. The summed E-state index contributed by atoms with van der Waals surface area (Å²) in [7, 11) is 3.99. The number of carbonyl (C=O) groups is 2. The van der Waals surface area contributed by atoms with E-state index >= 15 is 0 Å². The SMILES string of the molecule is Cc1cc2c(c(O)c1C)[C@@H]1C3Cc4c(O)c(C)c5c(c4[C@H](CNC(=O)c4cccnc4Cl)N3[C@@H](C#N)[C@H](C2)N1C)OCO5.Cc1cc2c(c(O)c1C)[C@@H]1C3Cc4c(O)c(C)c5c(c4[C@H](CNC(=O)c4cccnc4Cl)N3[C@@H](O)[C@H](C2)N1C)OCO5.O=[N+]([O-])O.[Ac].[Ac].[Ag]. The number of aryl methyl sites for hydroxylation is 2. The third kappa shape index (κ3) is 11.9. The Labute approximate surface area is 627 Å². The second kappa shape index (κ2) is 28.1. The van der Waals surface area contributed by atoms with Crippen molar-refractivity contribution in [3.05, 3.63) is 158 Å². The molecule has 2 amide bonds. The van der Waals surface area contributed by atoms with Crippen molar-refractivity contribution in [3.8, 4) is 52.1 Å². The van der Waals surface area contributed by atoms with Gasteiger partial charge in [0.05, 0.1) is 47.4 Å². The molecule has 2 saturated heterocycles. The maximum atomic E-state index is 13.3. The van der Waals surface area contributed by atoms with Crippen LogP contribution in [0.15, 0.2) is 48.8 Å². The Morgan fingerprint density at radius 1 is 0.641 bits per heavy atom. The van der Waals surface area contributed by atoms with E-state index in [4.69, 9.17) is 57.5 Å². The zero-order valence-corrected chi connectivity index (χ0v) is 63.8. The van der Waals surface area contributed by atoms with Crippen LogP contribution in [0.1, 0.15) is 123 Å². The van der Waals surface area contributed by atoms with Gasteiger partial charge in [-0.15, -0.1) is 10.1 Å². The molecular weight excluding hydrogens is 1750 g/mol. The summed E-state index contributed by atoms with van der Waals surface area (Å²) >= 11 is 12.5. The molecule has 483 valence electrons. The van der Waals surface area contributed by atoms with E-state index in [2.05, 4.69) is 53.5 Å². The molecule has 4 aromatic carbocycles. The first-order chi connectivity index (χ1) is 42.5. The zero-order valence-electron chi connectivity index (χ0n) is 51.3. The third-order valence-electron chi connectivity index (χ3n) is 19.7. The largest absolute Gasteiger partial charge is 0.507 e. The molecule has 6 aromatic rings. The van der Waals surface area contributed by atoms with Gasteiger partial charge in [-0.1, -0.05) is 35.3 Å². The predicted molar refractivity (Wildman–Crippen MR) is 321 cm³/mol. The van der Waals surface area contributed by atoms with Gasteiger partial charge in [0, 0.05) is 199 Å². The number of halogens is 2. The van der Waals surface area contributed by atoms with Crippen LogP contribution in [0, 0.1) is 151 Å². The molecule has 8 aliphatic rings. The minimum absolute atomic E-state index is 0. The Hall–Kier alpha value is -4.79. The van der Waals surface area contributed by atoms with Gasteiger partial charge in [0.15, 0.2) is 23.0 Å². The topological polar surface area (TPSA) is 322 Å². The Morgan fingerprint density at radius 2 is 1.03 bits per heavy atom. The van der Waals surface area contributed by atoms with Crippen LogP contribution in [0.2, 0.25) is 10.3 Å². The van der Waals surface area contributed by atoms with E-state index in [9.17, 15) is 40.4 Å². The second-order valence-electron chi connectivity index (χ2n) is 23.9. The van der Waals surface area contributed by atoms with Crippen LogP contribution in [-0.2, 0) is 48.1 Å². The van der Waals surface area contributed by atoms with Gasteiger partial charge >= 0.3 is 0 Å². The molecule has 4 bridgehead atoms. The number of pyridine rings is 2. The zero-order chi connectivity index (χ0) is 63.5. The fourth-order valence-corrected chi connectivity index (χ4v) is 15.7. The van der Waals surface area contributed by atoms with Gasteiger partial charge in [0.2, 0.25) is 13.6 Å². The summed E-state index contributed by atoms with van der Waals surface area (Å²) in [6, 6.07) is 10.0. The van der Waals surface area contributed by atoms with Crippen molar-refractivity contribution in [2.45, 2.75) is 128 Å². The molecule has 0 spiro atoms. The van der Waals surface area contributed by atoms with Gasteiger partial charge in [-0.3, -0.25) is 29.2 Å². The summed E-state index contributed by atoms with van der Waals surface area (Å²) in [5.41, 5.74) is 11.9. The number of aromatic hydroxyl groups is 4. The summed E-state index contributed by atoms with van der Waals surface area (Å²) in [4.78, 5) is 51.6. The van der Waals surface area contributed by atoms with Crippen molar-refractivity contribution in [1.82, 2.24) is 40.2 Å². The first-order valence-electron chi connectivity index (χ1n) is 29.1. The Morgan fingerprint density at radius 3 is 1.46 bits per heavy atom. The van der Waals surface area contributed by atoms with Crippen LogP contribution in [0.5, 0.6) is 46.0 Å². The molecule has 0 saturated carbocycles. The van der Waals surface area contributed by atoms with Gasteiger partial charge in [-0.25, -0.2) is 9.97 Å². The molecule has 92 heavy (non-hydrogen) atoms. The Bertz CT molecular complexity index is 4020. The number of aromatic nitrogens is 2. The number of nitrogens with one attached hydrogen (secondary N) is 2. The fourth-order valence-electron chi connectivity index (χ4n) is 15.3. The second-order valence-corrected chi connectivity index (χ2v) is 24.6. The summed E-state index contributed by atoms with van der Waals surface area (Å²) in [5, 5.41) is 88.6. The van der Waals surface area contributed by atoms with E-state index in [-0.39, 0.29) is 218 Å². The van der Waals surface area contributed by atoms with Crippen LogP contribution in [-0.4, -0.2) is 154 Å². The maximum absolute atomic E-state index is 13.3. The normalized spacial score (nSPS) is 23.9. The van der Waals surface area contributed by atoms with E-state index in [1.807, 2.05) is 46.7 Å². The number of fused-ring (bicyclic) bond motifs is 18. The molecule has 2 fully saturated rings. The summed E-state index contributed by atoms with van der Waals surface area (Å²) < 4.78 is 23.5. The number of phenols is 4.